The molecule has 0 aliphatic heterocycles. The topological polar surface area (TPSA) is 12.0 Å². The number of halogens is 1. The Bertz CT molecular complexity index is 346. The Morgan fingerprint density at radius 3 is 2.80 bits per heavy atom. The first kappa shape index (κ1) is 11.0. The Balaban J connectivity index is 1.90. The maximum atomic E-state index is 5.88. The van der Waals surface area contributed by atoms with E-state index in [0.717, 1.165) is 6.54 Å². The first-order valence-electron chi connectivity index (χ1n) is 5.51. The Labute approximate surface area is 96.8 Å². The summed E-state index contributed by atoms with van der Waals surface area (Å²) in [5.41, 5.74) is 3.06. The van der Waals surface area contributed by atoms with Crippen molar-refractivity contribution in [3.05, 3.63) is 35.4 Å². The highest BCUT2D eigenvalue weighted by molar-refractivity contribution is 6.18. The lowest BCUT2D eigenvalue weighted by Crippen LogP contribution is -2.44. The van der Waals surface area contributed by atoms with Gasteiger partial charge in [0.25, 0.3) is 0 Å². The molecule has 0 bridgehead atoms. The Morgan fingerprint density at radius 2 is 2.13 bits per heavy atom. The van der Waals surface area contributed by atoms with Crippen LogP contribution in [-0.2, 0) is 6.42 Å². The van der Waals surface area contributed by atoms with Gasteiger partial charge in [0.05, 0.1) is 0 Å². The van der Waals surface area contributed by atoms with Gasteiger partial charge in [-0.3, -0.25) is 0 Å². The van der Waals surface area contributed by atoms with Crippen molar-refractivity contribution in [2.24, 2.45) is 0 Å². The summed E-state index contributed by atoms with van der Waals surface area (Å²) in [4.78, 5) is 0. The molecule has 0 saturated heterocycles. The molecule has 0 spiro atoms. The molecule has 1 unspecified atom stereocenters. The summed E-state index contributed by atoms with van der Waals surface area (Å²) in [6.45, 7) is 5.33. The fourth-order valence-corrected chi connectivity index (χ4v) is 2.09. The van der Waals surface area contributed by atoms with Gasteiger partial charge in [-0.15, -0.1) is 11.6 Å². The van der Waals surface area contributed by atoms with Crippen LogP contribution in [0.2, 0.25) is 0 Å². The van der Waals surface area contributed by atoms with Gasteiger partial charge in [-0.25, -0.2) is 0 Å². The fraction of sp³-hybridized carbons (Fsp3) is 0.538. The zero-order valence-electron chi connectivity index (χ0n) is 9.39. The van der Waals surface area contributed by atoms with Crippen LogP contribution in [0.5, 0.6) is 0 Å². The van der Waals surface area contributed by atoms with Gasteiger partial charge in [0.15, 0.2) is 0 Å². The van der Waals surface area contributed by atoms with Crippen LogP contribution in [0.15, 0.2) is 24.3 Å². The van der Waals surface area contributed by atoms with Crippen LogP contribution >= 0.6 is 11.6 Å². The third-order valence-corrected chi connectivity index (χ3v) is 3.79. The van der Waals surface area contributed by atoms with Crippen LogP contribution < -0.4 is 5.32 Å². The van der Waals surface area contributed by atoms with E-state index in [4.69, 9.17) is 11.6 Å². The zero-order valence-corrected chi connectivity index (χ0v) is 10.1. The first-order chi connectivity index (χ1) is 7.12. The van der Waals surface area contributed by atoms with E-state index in [1.54, 1.807) is 0 Å². The average molecular weight is 224 g/mol. The third kappa shape index (κ3) is 2.35. The van der Waals surface area contributed by atoms with Gasteiger partial charge in [-0.05, 0) is 31.4 Å². The number of nitrogens with one attached hydrogen (secondary N) is 1. The maximum Gasteiger partial charge on any atom is 0.0400 e. The fourth-order valence-electron chi connectivity index (χ4n) is 1.99. The van der Waals surface area contributed by atoms with Gasteiger partial charge in [0, 0.05) is 23.9 Å². The highest BCUT2D eigenvalue weighted by Gasteiger charge is 2.27. The van der Waals surface area contributed by atoms with Crippen molar-refractivity contribution < 1.29 is 0 Å². The molecule has 1 aliphatic carbocycles. The Kier molecular flexibility index (Phi) is 3.03. The van der Waals surface area contributed by atoms with E-state index >= 15 is 0 Å². The van der Waals surface area contributed by atoms with E-state index in [2.05, 4.69) is 43.4 Å². The summed E-state index contributed by atoms with van der Waals surface area (Å²) in [6, 6.07) is 8.69. The van der Waals surface area contributed by atoms with E-state index in [0.29, 0.717) is 11.8 Å². The highest BCUT2D eigenvalue weighted by atomic mass is 35.5. The summed E-state index contributed by atoms with van der Waals surface area (Å²) in [7, 11) is 0. The van der Waals surface area contributed by atoms with Gasteiger partial charge < -0.3 is 5.32 Å². The molecule has 1 aromatic carbocycles. The van der Waals surface area contributed by atoms with Gasteiger partial charge in [-0.2, -0.15) is 0 Å². The van der Waals surface area contributed by atoms with Gasteiger partial charge in [0.2, 0.25) is 0 Å². The van der Waals surface area contributed by atoms with Crippen molar-refractivity contribution in [2.45, 2.75) is 31.7 Å². The lowest BCUT2D eigenvalue weighted by atomic mass is 9.77. The number of alkyl halides is 1. The minimum atomic E-state index is 0.0477. The summed E-state index contributed by atoms with van der Waals surface area (Å²) in [5.74, 6) is 1.34. The van der Waals surface area contributed by atoms with Crippen LogP contribution in [0.4, 0.5) is 0 Å². The van der Waals surface area contributed by atoms with Crippen LogP contribution in [0.25, 0.3) is 0 Å². The van der Waals surface area contributed by atoms with Gasteiger partial charge in [-0.1, -0.05) is 24.3 Å². The van der Waals surface area contributed by atoms with Crippen LogP contribution in [-0.4, -0.2) is 18.0 Å². The van der Waals surface area contributed by atoms with E-state index in [1.807, 2.05) is 0 Å². The molecule has 1 aliphatic rings. The molecule has 1 N–H and O–H groups in total. The molecule has 0 heterocycles. The predicted molar refractivity (Wildman–Crippen MR) is 65.7 cm³/mol. The van der Waals surface area contributed by atoms with Crippen molar-refractivity contribution in [1.29, 1.82) is 0 Å². The molecule has 2 rings (SSSR count). The molecule has 1 atom stereocenters. The molecule has 0 amide bonds. The molecule has 0 radical (unpaired) electrons. The average Bonchev–Trinajstić information content (AvgIpc) is 2.19. The maximum absolute atomic E-state index is 5.88. The van der Waals surface area contributed by atoms with Crippen LogP contribution in [0, 0.1) is 0 Å². The molecule has 2 heteroatoms. The summed E-state index contributed by atoms with van der Waals surface area (Å²) in [5, 5.41) is 3.52. The van der Waals surface area contributed by atoms with E-state index in [9.17, 15) is 0 Å². The molecule has 0 fully saturated rings. The van der Waals surface area contributed by atoms with Crippen LogP contribution in [0.1, 0.15) is 30.9 Å². The normalized spacial score (nSPS) is 19.5. The molecular formula is C13H18ClN. The standard InChI is InChI=1S/C13H18ClN/c1-13(2,9-14)15-8-11-7-10-5-3-4-6-12(10)11/h3-6,11,15H,7-9H2,1-2H3. The van der Waals surface area contributed by atoms with E-state index < -0.39 is 0 Å². The third-order valence-electron chi connectivity index (χ3n) is 3.12. The molecule has 1 nitrogen and oxygen atoms in total. The minimum Gasteiger partial charge on any atom is -0.310 e. The Morgan fingerprint density at radius 1 is 1.40 bits per heavy atom. The second-order valence-electron chi connectivity index (χ2n) is 5.00. The Hall–Kier alpha value is -0.530. The molecular weight excluding hydrogens is 206 g/mol. The summed E-state index contributed by atoms with van der Waals surface area (Å²) < 4.78 is 0. The lowest BCUT2D eigenvalue weighted by molar-refractivity contribution is 0.398. The van der Waals surface area contributed by atoms with Crippen molar-refractivity contribution >= 4 is 11.6 Å². The number of hydrogen-bond donors (Lipinski definition) is 1. The monoisotopic (exact) mass is 223 g/mol. The van der Waals surface area contributed by atoms with Gasteiger partial charge >= 0.3 is 0 Å². The number of rotatable bonds is 4. The van der Waals surface area contributed by atoms with Crippen molar-refractivity contribution in [3.63, 3.8) is 0 Å². The minimum absolute atomic E-state index is 0.0477. The molecule has 0 saturated carbocycles. The molecule has 15 heavy (non-hydrogen) atoms. The van der Waals surface area contributed by atoms with Crippen molar-refractivity contribution in [2.75, 3.05) is 12.4 Å². The lowest BCUT2D eigenvalue weighted by Gasteiger charge is -2.33. The number of fused-ring (bicyclic) bond motifs is 1. The first-order valence-corrected chi connectivity index (χ1v) is 6.04. The zero-order chi connectivity index (χ0) is 10.9. The smallest absolute Gasteiger partial charge is 0.0400 e. The molecule has 82 valence electrons. The summed E-state index contributed by atoms with van der Waals surface area (Å²) in [6.07, 6.45) is 1.21. The van der Waals surface area contributed by atoms with Crippen LogP contribution in [0.3, 0.4) is 0 Å². The quantitative estimate of drug-likeness (QED) is 0.774. The van der Waals surface area contributed by atoms with E-state index in [1.165, 1.54) is 17.5 Å². The molecule has 1 aromatic rings. The SMILES string of the molecule is CC(C)(CCl)NCC1Cc2ccccc21. The summed E-state index contributed by atoms with van der Waals surface area (Å²) >= 11 is 5.88. The number of hydrogen-bond acceptors (Lipinski definition) is 1. The van der Waals surface area contributed by atoms with Gasteiger partial charge in [0.1, 0.15) is 0 Å². The second-order valence-corrected chi connectivity index (χ2v) is 5.27. The van der Waals surface area contributed by atoms with Crippen molar-refractivity contribution in [3.8, 4) is 0 Å². The largest absolute Gasteiger partial charge is 0.310 e. The predicted octanol–water partition coefficient (Wildman–Crippen LogP) is 2.93. The molecule has 0 aromatic heterocycles. The van der Waals surface area contributed by atoms with Crippen molar-refractivity contribution in [1.82, 2.24) is 5.32 Å². The van der Waals surface area contributed by atoms with E-state index in [-0.39, 0.29) is 5.54 Å². The highest BCUT2D eigenvalue weighted by Crippen LogP contribution is 2.34. The second kappa shape index (κ2) is 4.15. The number of benzene rings is 1.